The van der Waals surface area contributed by atoms with Crippen LogP contribution >= 0.6 is 0 Å². The standard InChI is InChI=1S/C4H8O3.H3N/c5-3-1-2-4(6)7;/h5H,1-3H2,(H,6,7);1H3. The maximum absolute atomic E-state index is 9.54. The van der Waals surface area contributed by atoms with Gasteiger partial charge >= 0.3 is 0 Å². The number of aliphatic carboxylic acids is 1. The highest BCUT2D eigenvalue weighted by molar-refractivity contribution is 5.64. The summed E-state index contributed by atoms with van der Waals surface area (Å²) in [5.74, 6) is -1.10. The number of aliphatic hydroxyl groups is 1. The SMILES string of the molecule is O=C([O-])CCCO.[NH4+]. The molecule has 0 heterocycles. The van der Waals surface area contributed by atoms with Crippen LogP contribution in [0, 0.1) is 0 Å². The molecule has 0 fully saturated rings. The zero-order chi connectivity index (χ0) is 5.70. The average molecular weight is 121 g/mol. The molecule has 0 aromatic carbocycles. The summed E-state index contributed by atoms with van der Waals surface area (Å²) >= 11 is 0. The van der Waals surface area contributed by atoms with Crippen molar-refractivity contribution in [2.75, 3.05) is 6.61 Å². The van der Waals surface area contributed by atoms with Gasteiger partial charge in [0.1, 0.15) is 0 Å². The Balaban J connectivity index is 0. The normalized spacial score (nSPS) is 7.62. The van der Waals surface area contributed by atoms with E-state index in [4.69, 9.17) is 5.11 Å². The van der Waals surface area contributed by atoms with Crippen molar-refractivity contribution in [3.63, 3.8) is 0 Å². The number of carboxylic acid groups (broad SMARTS) is 1. The largest absolute Gasteiger partial charge is 0.550 e. The summed E-state index contributed by atoms with van der Waals surface area (Å²) < 4.78 is 0. The van der Waals surface area contributed by atoms with Crippen molar-refractivity contribution < 1.29 is 15.0 Å². The van der Waals surface area contributed by atoms with Crippen LogP contribution in [0.25, 0.3) is 0 Å². The van der Waals surface area contributed by atoms with Gasteiger partial charge in [0.25, 0.3) is 0 Å². The first-order valence-corrected chi connectivity index (χ1v) is 2.08. The van der Waals surface area contributed by atoms with Crippen molar-refractivity contribution in [2.24, 2.45) is 0 Å². The van der Waals surface area contributed by atoms with E-state index in [1.807, 2.05) is 0 Å². The smallest absolute Gasteiger partial charge is 0.0434 e. The van der Waals surface area contributed by atoms with Gasteiger partial charge in [-0.3, -0.25) is 0 Å². The molecule has 0 rings (SSSR count). The maximum atomic E-state index is 9.54. The molecule has 0 aliphatic carbocycles. The number of quaternary nitrogens is 1. The number of carboxylic acids is 1. The minimum Gasteiger partial charge on any atom is -0.550 e. The zero-order valence-corrected chi connectivity index (χ0v) is 4.89. The lowest BCUT2D eigenvalue weighted by atomic mass is 10.3. The van der Waals surface area contributed by atoms with Gasteiger partial charge in [-0.15, -0.1) is 0 Å². The molecule has 0 aliphatic heterocycles. The summed E-state index contributed by atoms with van der Waals surface area (Å²) in [7, 11) is 0. The number of rotatable bonds is 3. The second-order valence-corrected chi connectivity index (χ2v) is 1.20. The third-order valence-electron chi connectivity index (χ3n) is 0.539. The van der Waals surface area contributed by atoms with Gasteiger partial charge in [-0.1, -0.05) is 0 Å². The topological polar surface area (TPSA) is 96.9 Å². The molecule has 0 bridgehead atoms. The van der Waals surface area contributed by atoms with E-state index >= 15 is 0 Å². The fourth-order valence-corrected chi connectivity index (χ4v) is 0.223. The Bertz CT molecular complexity index is 64.3. The van der Waals surface area contributed by atoms with Crippen LogP contribution < -0.4 is 11.3 Å². The number of hydrogen-bond acceptors (Lipinski definition) is 3. The van der Waals surface area contributed by atoms with E-state index in [0.717, 1.165) is 0 Å². The third kappa shape index (κ3) is 9.04. The van der Waals surface area contributed by atoms with E-state index < -0.39 is 5.97 Å². The molecule has 0 atom stereocenters. The summed E-state index contributed by atoms with van der Waals surface area (Å²) in [5, 5.41) is 17.6. The molecule has 4 nitrogen and oxygen atoms in total. The maximum Gasteiger partial charge on any atom is 0.0434 e. The van der Waals surface area contributed by atoms with Gasteiger partial charge in [-0.05, 0) is 12.8 Å². The summed E-state index contributed by atoms with van der Waals surface area (Å²) in [4.78, 5) is 9.54. The molecule has 0 radical (unpaired) electrons. The second-order valence-electron chi connectivity index (χ2n) is 1.20. The Labute approximate surface area is 47.7 Å². The van der Waals surface area contributed by atoms with Gasteiger partial charge in [0, 0.05) is 12.6 Å². The van der Waals surface area contributed by atoms with Crippen molar-refractivity contribution in [1.29, 1.82) is 0 Å². The lowest BCUT2D eigenvalue weighted by Gasteiger charge is -1.95. The minimum atomic E-state index is -1.10. The monoisotopic (exact) mass is 121 g/mol. The Morgan fingerprint density at radius 2 is 2.12 bits per heavy atom. The van der Waals surface area contributed by atoms with Crippen molar-refractivity contribution in [1.82, 2.24) is 6.15 Å². The lowest BCUT2D eigenvalue weighted by Crippen LogP contribution is -2.21. The summed E-state index contributed by atoms with van der Waals surface area (Å²) in [5.41, 5.74) is 0. The number of hydrogen-bond donors (Lipinski definition) is 2. The lowest BCUT2D eigenvalue weighted by molar-refractivity contribution is -0.305. The number of aliphatic hydroxyl groups excluding tert-OH is 1. The summed E-state index contributed by atoms with van der Waals surface area (Å²) in [6, 6.07) is 0. The quantitative estimate of drug-likeness (QED) is 0.495. The van der Waals surface area contributed by atoms with Gasteiger partial charge in [-0.2, -0.15) is 0 Å². The van der Waals surface area contributed by atoms with Crippen molar-refractivity contribution >= 4 is 5.97 Å². The molecule has 4 heteroatoms. The first kappa shape index (κ1) is 10.4. The molecule has 0 aromatic heterocycles. The number of carbonyl (C=O) groups is 1. The van der Waals surface area contributed by atoms with Crippen LogP contribution in [0.15, 0.2) is 0 Å². The van der Waals surface area contributed by atoms with Crippen LogP contribution in [0.1, 0.15) is 12.8 Å². The Hall–Kier alpha value is -0.610. The van der Waals surface area contributed by atoms with Crippen LogP contribution in [0.3, 0.4) is 0 Å². The Kier molecular flexibility index (Phi) is 8.30. The predicted octanol–water partition coefficient (Wildman–Crippen LogP) is -1.11. The molecular weight excluding hydrogens is 110 g/mol. The molecule has 5 N–H and O–H groups in total. The van der Waals surface area contributed by atoms with Crippen molar-refractivity contribution in [3.05, 3.63) is 0 Å². The van der Waals surface area contributed by atoms with E-state index in [1.165, 1.54) is 0 Å². The first-order chi connectivity index (χ1) is 3.27. The molecule has 0 aromatic rings. The van der Waals surface area contributed by atoms with Gasteiger partial charge in [0.05, 0.1) is 0 Å². The van der Waals surface area contributed by atoms with Crippen molar-refractivity contribution in [2.45, 2.75) is 12.8 Å². The highest BCUT2D eigenvalue weighted by atomic mass is 16.4. The van der Waals surface area contributed by atoms with Crippen LogP contribution in [-0.4, -0.2) is 17.7 Å². The van der Waals surface area contributed by atoms with E-state index in [2.05, 4.69) is 0 Å². The van der Waals surface area contributed by atoms with Crippen LogP contribution in [0.4, 0.5) is 0 Å². The van der Waals surface area contributed by atoms with Gasteiger partial charge in [0.15, 0.2) is 0 Å². The second kappa shape index (κ2) is 6.39. The average Bonchev–Trinajstić information content (AvgIpc) is 1.61. The van der Waals surface area contributed by atoms with Crippen molar-refractivity contribution in [3.8, 4) is 0 Å². The zero-order valence-electron chi connectivity index (χ0n) is 4.89. The first-order valence-electron chi connectivity index (χ1n) is 2.08. The molecule has 0 amide bonds. The van der Waals surface area contributed by atoms with E-state index in [-0.39, 0.29) is 19.2 Å². The molecular formula is C4H11NO3. The molecule has 0 saturated heterocycles. The fraction of sp³-hybridized carbons (Fsp3) is 0.750. The van der Waals surface area contributed by atoms with E-state index in [9.17, 15) is 9.90 Å². The van der Waals surface area contributed by atoms with Gasteiger partial charge < -0.3 is 21.2 Å². The minimum absolute atomic E-state index is 0. The van der Waals surface area contributed by atoms with Crippen LogP contribution in [-0.2, 0) is 4.79 Å². The molecule has 8 heavy (non-hydrogen) atoms. The molecule has 50 valence electrons. The van der Waals surface area contributed by atoms with Gasteiger partial charge in [0.2, 0.25) is 0 Å². The van der Waals surface area contributed by atoms with E-state index in [1.54, 1.807) is 0 Å². The molecule has 0 spiro atoms. The summed E-state index contributed by atoms with van der Waals surface area (Å²) in [6.45, 7) is -0.0754. The highest BCUT2D eigenvalue weighted by Crippen LogP contribution is 1.81. The third-order valence-corrected chi connectivity index (χ3v) is 0.539. The Morgan fingerprint density at radius 3 is 2.25 bits per heavy atom. The number of carbonyl (C=O) groups excluding carboxylic acids is 1. The Morgan fingerprint density at radius 1 is 1.62 bits per heavy atom. The van der Waals surface area contributed by atoms with Crippen LogP contribution in [0.5, 0.6) is 0 Å². The highest BCUT2D eigenvalue weighted by Gasteiger charge is 1.81. The van der Waals surface area contributed by atoms with Crippen LogP contribution in [0.2, 0.25) is 0 Å². The fourth-order valence-electron chi connectivity index (χ4n) is 0.223. The molecule has 0 unspecified atom stereocenters. The summed E-state index contributed by atoms with van der Waals surface area (Å²) in [6.07, 6.45) is 0.249. The molecule has 0 aliphatic rings. The van der Waals surface area contributed by atoms with E-state index in [0.29, 0.717) is 6.42 Å². The van der Waals surface area contributed by atoms with Gasteiger partial charge in [-0.25, -0.2) is 0 Å². The molecule has 0 saturated carbocycles. The predicted molar refractivity (Wildman–Crippen MR) is 27.3 cm³/mol.